The highest BCUT2D eigenvalue weighted by Crippen LogP contribution is 2.39. The van der Waals surface area contributed by atoms with Crippen LogP contribution >= 0.6 is 0 Å². The van der Waals surface area contributed by atoms with Crippen molar-refractivity contribution in [1.82, 2.24) is 20.4 Å². The van der Waals surface area contributed by atoms with Crippen LogP contribution in [0.5, 0.6) is 17.2 Å². The van der Waals surface area contributed by atoms with E-state index in [0.29, 0.717) is 42.7 Å². The molecule has 0 aliphatic heterocycles. The van der Waals surface area contributed by atoms with Gasteiger partial charge in [-0.15, -0.1) is 0 Å². The molecule has 0 fully saturated rings. The second kappa shape index (κ2) is 10.7. The predicted octanol–water partition coefficient (Wildman–Crippen LogP) is 1.45. The number of guanidine groups is 1. The number of hydrogen-bond donors (Lipinski definition) is 3. The van der Waals surface area contributed by atoms with Crippen LogP contribution in [-0.2, 0) is 19.1 Å². The van der Waals surface area contributed by atoms with Crippen molar-refractivity contribution in [3.05, 3.63) is 35.7 Å². The van der Waals surface area contributed by atoms with Gasteiger partial charge in [-0.3, -0.25) is 4.68 Å². The highest BCUT2D eigenvalue weighted by atomic mass is 16.5. The summed E-state index contributed by atoms with van der Waals surface area (Å²) in [6.45, 7) is 5.25. The second-order valence-corrected chi connectivity index (χ2v) is 7.04. The number of nitrogens with zero attached hydrogens (tertiary/aromatic N) is 3. The van der Waals surface area contributed by atoms with Crippen molar-refractivity contribution in [1.29, 1.82) is 0 Å². The highest BCUT2D eigenvalue weighted by molar-refractivity contribution is 5.79. The quantitative estimate of drug-likeness (QED) is 0.396. The molecule has 0 radical (unpaired) electrons. The van der Waals surface area contributed by atoms with Gasteiger partial charge in [0, 0.05) is 37.5 Å². The number of aromatic nitrogens is 2. The van der Waals surface area contributed by atoms with Crippen LogP contribution in [0, 0.1) is 0 Å². The van der Waals surface area contributed by atoms with Crippen LogP contribution in [0.2, 0.25) is 0 Å². The molecule has 0 aliphatic rings. The summed E-state index contributed by atoms with van der Waals surface area (Å²) < 4.78 is 18.0. The molecular weight excluding hydrogens is 386 g/mol. The molecular formula is C21H33N5O4. The van der Waals surface area contributed by atoms with E-state index < -0.39 is 5.60 Å². The monoisotopic (exact) mass is 419 g/mol. The molecule has 0 spiro atoms. The Balaban J connectivity index is 2.05. The molecule has 0 amide bonds. The third-order valence-corrected chi connectivity index (χ3v) is 4.69. The number of ether oxygens (including phenoxy) is 3. The number of aliphatic imine (C=N–C) groups is 1. The molecule has 0 saturated heterocycles. The minimum absolute atomic E-state index is 0.202. The largest absolute Gasteiger partial charge is 0.493 e. The van der Waals surface area contributed by atoms with Crippen LogP contribution in [-0.4, -0.2) is 61.8 Å². The van der Waals surface area contributed by atoms with Crippen molar-refractivity contribution in [3.63, 3.8) is 0 Å². The van der Waals surface area contributed by atoms with Gasteiger partial charge in [0.1, 0.15) is 5.60 Å². The number of aliphatic hydroxyl groups is 1. The summed E-state index contributed by atoms with van der Waals surface area (Å²) in [6.07, 6.45) is 4.13. The lowest BCUT2D eigenvalue weighted by atomic mass is 10.0. The summed E-state index contributed by atoms with van der Waals surface area (Å²) in [7, 11) is 6.61. The molecule has 1 heterocycles. The van der Waals surface area contributed by atoms with Crippen LogP contribution in [0.3, 0.4) is 0 Å². The fourth-order valence-corrected chi connectivity index (χ4v) is 3.04. The third-order valence-electron chi connectivity index (χ3n) is 4.69. The second-order valence-electron chi connectivity index (χ2n) is 7.04. The SMILES string of the molecule is CCNC(=NCC(C)(O)c1cnn(C)c1)NCCc1ccc(OC)c(OC)c1OC. The van der Waals surface area contributed by atoms with E-state index in [0.717, 1.165) is 11.1 Å². The number of rotatable bonds is 10. The number of aryl methyl sites for hydroxylation is 1. The first-order chi connectivity index (χ1) is 14.4. The Morgan fingerprint density at radius 2 is 1.90 bits per heavy atom. The normalized spacial score (nSPS) is 13.5. The van der Waals surface area contributed by atoms with Crippen LogP contribution in [0.4, 0.5) is 0 Å². The molecule has 30 heavy (non-hydrogen) atoms. The zero-order valence-corrected chi connectivity index (χ0v) is 18.7. The molecule has 1 aromatic heterocycles. The van der Waals surface area contributed by atoms with Crippen molar-refractivity contribution >= 4 is 5.96 Å². The van der Waals surface area contributed by atoms with Gasteiger partial charge in [-0.2, -0.15) is 5.10 Å². The Bertz CT molecular complexity index is 848. The molecule has 166 valence electrons. The van der Waals surface area contributed by atoms with Gasteiger partial charge in [-0.05, 0) is 26.3 Å². The number of hydrogen-bond acceptors (Lipinski definition) is 6. The van der Waals surface area contributed by atoms with Gasteiger partial charge >= 0.3 is 0 Å². The van der Waals surface area contributed by atoms with Crippen molar-refractivity contribution in [3.8, 4) is 17.2 Å². The first kappa shape index (κ1) is 23.3. The number of benzene rings is 1. The average molecular weight is 420 g/mol. The van der Waals surface area contributed by atoms with E-state index in [1.807, 2.05) is 26.1 Å². The van der Waals surface area contributed by atoms with Gasteiger partial charge in [0.25, 0.3) is 0 Å². The summed E-state index contributed by atoms with van der Waals surface area (Å²) in [5.74, 6) is 2.48. The van der Waals surface area contributed by atoms with E-state index >= 15 is 0 Å². The predicted molar refractivity (Wildman–Crippen MR) is 117 cm³/mol. The lowest BCUT2D eigenvalue weighted by Crippen LogP contribution is -2.39. The standard InChI is InChI=1S/C21H33N5O4/c1-7-22-20(24-14-21(2,27)16-12-25-26(3)13-16)23-11-10-15-8-9-17(28-4)19(30-6)18(15)29-5/h8-9,12-13,27H,7,10-11,14H2,1-6H3,(H2,22,23,24). The average Bonchev–Trinajstić information content (AvgIpc) is 3.18. The van der Waals surface area contributed by atoms with Crippen molar-refractivity contribution in [2.24, 2.45) is 12.0 Å². The molecule has 0 aliphatic carbocycles. The molecule has 1 unspecified atom stereocenters. The Kier molecular flexibility index (Phi) is 8.35. The molecule has 1 atom stereocenters. The van der Waals surface area contributed by atoms with Crippen LogP contribution in [0.1, 0.15) is 25.0 Å². The minimum atomic E-state index is -1.11. The zero-order chi connectivity index (χ0) is 22.1. The zero-order valence-electron chi connectivity index (χ0n) is 18.7. The van der Waals surface area contributed by atoms with E-state index in [2.05, 4.69) is 20.7 Å². The van der Waals surface area contributed by atoms with Gasteiger partial charge in [-0.1, -0.05) is 6.07 Å². The highest BCUT2D eigenvalue weighted by Gasteiger charge is 2.24. The maximum Gasteiger partial charge on any atom is 0.203 e. The van der Waals surface area contributed by atoms with Gasteiger partial charge < -0.3 is 30.0 Å². The Hall–Kier alpha value is -2.94. The van der Waals surface area contributed by atoms with Crippen molar-refractivity contribution in [2.45, 2.75) is 25.9 Å². The van der Waals surface area contributed by atoms with Crippen LogP contribution in [0.25, 0.3) is 0 Å². The Morgan fingerprint density at radius 3 is 2.47 bits per heavy atom. The maximum absolute atomic E-state index is 10.7. The number of methoxy groups -OCH3 is 3. The summed E-state index contributed by atoms with van der Waals surface area (Å²) in [5.41, 5.74) is 0.601. The Morgan fingerprint density at radius 1 is 1.17 bits per heavy atom. The summed E-state index contributed by atoms with van der Waals surface area (Å²) in [5, 5.41) is 21.3. The van der Waals surface area contributed by atoms with Gasteiger partial charge in [0.2, 0.25) is 5.75 Å². The van der Waals surface area contributed by atoms with Gasteiger partial charge in [0.05, 0.1) is 34.1 Å². The lowest BCUT2D eigenvalue weighted by molar-refractivity contribution is 0.0672. The van der Waals surface area contributed by atoms with E-state index in [1.54, 1.807) is 45.3 Å². The molecule has 3 N–H and O–H groups in total. The van der Waals surface area contributed by atoms with Gasteiger partial charge in [0.15, 0.2) is 17.5 Å². The molecule has 2 rings (SSSR count). The molecule has 0 bridgehead atoms. The molecule has 2 aromatic rings. The van der Waals surface area contributed by atoms with E-state index in [-0.39, 0.29) is 6.54 Å². The van der Waals surface area contributed by atoms with Crippen LogP contribution < -0.4 is 24.8 Å². The molecule has 9 nitrogen and oxygen atoms in total. The summed E-state index contributed by atoms with van der Waals surface area (Å²) in [6, 6.07) is 3.82. The fourth-order valence-electron chi connectivity index (χ4n) is 3.04. The summed E-state index contributed by atoms with van der Waals surface area (Å²) in [4.78, 5) is 4.54. The third kappa shape index (κ3) is 5.79. The first-order valence-corrected chi connectivity index (χ1v) is 9.87. The molecule has 1 aromatic carbocycles. The topological polar surface area (TPSA) is 102 Å². The Labute approximate surface area is 178 Å². The molecule has 9 heteroatoms. The summed E-state index contributed by atoms with van der Waals surface area (Å²) >= 11 is 0. The van der Waals surface area contributed by atoms with Gasteiger partial charge in [-0.25, -0.2) is 4.99 Å². The lowest BCUT2D eigenvalue weighted by Gasteiger charge is -2.21. The van der Waals surface area contributed by atoms with E-state index in [1.165, 1.54) is 0 Å². The minimum Gasteiger partial charge on any atom is -0.493 e. The fraction of sp³-hybridized carbons (Fsp3) is 0.524. The van der Waals surface area contributed by atoms with Crippen LogP contribution in [0.15, 0.2) is 29.5 Å². The maximum atomic E-state index is 10.7. The number of nitrogens with one attached hydrogen (secondary N) is 2. The molecule has 0 saturated carbocycles. The van der Waals surface area contributed by atoms with Crippen molar-refractivity contribution < 1.29 is 19.3 Å². The van der Waals surface area contributed by atoms with E-state index in [9.17, 15) is 5.11 Å². The first-order valence-electron chi connectivity index (χ1n) is 9.87. The van der Waals surface area contributed by atoms with Crippen molar-refractivity contribution in [2.75, 3.05) is 41.0 Å². The smallest absolute Gasteiger partial charge is 0.203 e. The van der Waals surface area contributed by atoms with E-state index in [4.69, 9.17) is 14.2 Å².